The molecule has 0 saturated heterocycles. The predicted molar refractivity (Wildman–Crippen MR) is 148 cm³/mol. The minimum Gasteiger partial charge on any atom is -0.358 e. The highest BCUT2D eigenvalue weighted by molar-refractivity contribution is 6.35. The highest BCUT2D eigenvalue weighted by atomic mass is 16.2. The van der Waals surface area contributed by atoms with Crippen LogP contribution in [0.25, 0.3) is 33.8 Å². The van der Waals surface area contributed by atoms with Crippen molar-refractivity contribution in [3.63, 3.8) is 0 Å². The number of anilines is 1. The molecule has 0 radical (unpaired) electrons. The lowest BCUT2D eigenvalue weighted by Crippen LogP contribution is -2.35. The molecular formula is C29H32N6O2. The van der Waals surface area contributed by atoms with E-state index in [-0.39, 0.29) is 11.8 Å². The molecule has 0 saturated carbocycles. The Labute approximate surface area is 216 Å². The minimum absolute atomic E-state index is 0.105. The van der Waals surface area contributed by atoms with E-state index in [2.05, 4.69) is 44.6 Å². The Morgan fingerprint density at radius 3 is 2.68 bits per heavy atom. The fourth-order valence-corrected chi connectivity index (χ4v) is 5.02. The molecule has 0 spiro atoms. The molecule has 0 bridgehead atoms. The van der Waals surface area contributed by atoms with Gasteiger partial charge in [-0.2, -0.15) is 5.10 Å². The van der Waals surface area contributed by atoms with Crippen LogP contribution in [0, 0.1) is 13.8 Å². The van der Waals surface area contributed by atoms with Crippen molar-refractivity contribution in [2.75, 3.05) is 31.5 Å². The summed E-state index contributed by atoms with van der Waals surface area (Å²) in [6.07, 6.45) is 1.84. The maximum atomic E-state index is 13.0. The van der Waals surface area contributed by atoms with Gasteiger partial charge in [0.2, 0.25) is 0 Å². The summed E-state index contributed by atoms with van der Waals surface area (Å²) < 4.78 is 0. The molecular weight excluding hydrogens is 464 g/mol. The predicted octanol–water partition coefficient (Wildman–Crippen LogP) is 4.74. The molecule has 2 amide bonds. The zero-order valence-corrected chi connectivity index (χ0v) is 21.7. The number of hydrogen-bond acceptors (Lipinski definition) is 4. The number of carbonyl (C=O) groups excluding carboxylic acids is 2. The van der Waals surface area contributed by atoms with Crippen LogP contribution in [0.3, 0.4) is 0 Å². The van der Waals surface area contributed by atoms with E-state index in [0.717, 1.165) is 70.0 Å². The van der Waals surface area contributed by atoms with Crippen molar-refractivity contribution in [2.45, 2.75) is 27.7 Å². The van der Waals surface area contributed by atoms with Gasteiger partial charge in [-0.05, 0) is 56.8 Å². The number of nitrogens with one attached hydrogen (secondary N) is 4. The number of fused-ring (bicyclic) bond motifs is 2. The van der Waals surface area contributed by atoms with Crippen LogP contribution in [0.4, 0.5) is 5.69 Å². The van der Waals surface area contributed by atoms with Crippen molar-refractivity contribution < 1.29 is 9.59 Å². The third-order valence-electron chi connectivity index (χ3n) is 7.15. The first-order chi connectivity index (χ1) is 17.9. The second kappa shape index (κ2) is 10.1. The van der Waals surface area contributed by atoms with Gasteiger partial charge >= 0.3 is 0 Å². The van der Waals surface area contributed by atoms with Crippen molar-refractivity contribution in [2.24, 2.45) is 0 Å². The summed E-state index contributed by atoms with van der Waals surface area (Å²) in [5.41, 5.74) is 7.82. The van der Waals surface area contributed by atoms with Gasteiger partial charge in [0.1, 0.15) is 0 Å². The Kier molecular flexibility index (Phi) is 6.67. The monoisotopic (exact) mass is 496 g/mol. The van der Waals surface area contributed by atoms with Crippen LogP contribution < -0.4 is 10.6 Å². The second-order valence-electron chi connectivity index (χ2n) is 9.34. The summed E-state index contributed by atoms with van der Waals surface area (Å²) in [5, 5.41) is 14.6. The van der Waals surface area contributed by atoms with Crippen LogP contribution in [0.1, 0.15) is 46.7 Å². The van der Waals surface area contributed by atoms with Crippen molar-refractivity contribution in [1.82, 2.24) is 25.4 Å². The number of aromatic nitrogens is 3. The fourth-order valence-electron chi connectivity index (χ4n) is 5.02. The lowest BCUT2D eigenvalue weighted by atomic mass is 9.99. The molecule has 37 heavy (non-hydrogen) atoms. The highest BCUT2D eigenvalue weighted by Gasteiger charge is 2.26. The Bertz CT molecular complexity index is 1520. The lowest BCUT2D eigenvalue weighted by Gasteiger charge is -2.18. The smallest absolute Gasteiger partial charge is 0.256 e. The Balaban J connectivity index is 1.45. The maximum absolute atomic E-state index is 13.0. The highest BCUT2D eigenvalue weighted by Crippen LogP contribution is 2.37. The van der Waals surface area contributed by atoms with Gasteiger partial charge in [0.25, 0.3) is 11.8 Å². The number of aromatic amines is 2. The molecule has 0 atom stereocenters. The van der Waals surface area contributed by atoms with E-state index >= 15 is 0 Å². The quantitative estimate of drug-likeness (QED) is 0.264. The Hall–Kier alpha value is -4.17. The number of aryl methyl sites for hydroxylation is 1. The number of hydrogen-bond donors (Lipinski definition) is 4. The van der Waals surface area contributed by atoms with E-state index in [1.165, 1.54) is 0 Å². The lowest BCUT2D eigenvalue weighted by molar-refractivity contribution is -0.110. The number of rotatable bonds is 8. The third-order valence-corrected chi connectivity index (χ3v) is 7.15. The molecule has 8 nitrogen and oxygen atoms in total. The van der Waals surface area contributed by atoms with Crippen LogP contribution in [0.15, 0.2) is 42.5 Å². The fraction of sp³-hybridized carbons (Fsp3) is 0.276. The van der Waals surface area contributed by atoms with E-state index in [1.54, 1.807) is 0 Å². The molecule has 2 aromatic heterocycles. The van der Waals surface area contributed by atoms with Crippen LogP contribution in [0.5, 0.6) is 0 Å². The molecule has 1 aliphatic heterocycles. The van der Waals surface area contributed by atoms with E-state index in [4.69, 9.17) is 0 Å². The molecule has 2 aromatic carbocycles. The number of carbonyl (C=O) groups is 2. The number of likely N-dealkylation sites (N-methyl/N-ethyl adjacent to an activating group) is 1. The van der Waals surface area contributed by atoms with Crippen molar-refractivity contribution in [3.05, 3.63) is 70.5 Å². The molecule has 5 rings (SSSR count). The van der Waals surface area contributed by atoms with Gasteiger partial charge in [-0.25, -0.2) is 0 Å². The average Bonchev–Trinajstić information content (AvgIpc) is 3.55. The summed E-state index contributed by atoms with van der Waals surface area (Å²) in [4.78, 5) is 31.5. The van der Waals surface area contributed by atoms with Gasteiger partial charge in [0.15, 0.2) is 0 Å². The van der Waals surface area contributed by atoms with Crippen molar-refractivity contribution in [1.29, 1.82) is 0 Å². The average molecular weight is 497 g/mol. The minimum atomic E-state index is -0.170. The molecule has 1 aliphatic rings. The van der Waals surface area contributed by atoms with Gasteiger partial charge in [0, 0.05) is 46.7 Å². The third kappa shape index (κ3) is 4.56. The SMILES string of the molecule is CCN(CC)CCNC(=O)c1c(C)[nH]c(/C=C2\C(=O)Nc3ccc(-c4n[nH]c5ccccc45)cc32)c1C. The first kappa shape index (κ1) is 24.5. The maximum Gasteiger partial charge on any atom is 0.256 e. The molecule has 0 fully saturated rings. The van der Waals surface area contributed by atoms with Gasteiger partial charge in [-0.15, -0.1) is 0 Å². The standard InChI is InChI=1S/C29H32N6O2/c1-5-35(6-2)14-13-30-29(37)26-17(3)25(31-18(26)4)16-22-21-15-19(11-12-23(21)32-28(22)36)27-20-9-7-8-10-24(20)33-34-27/h7-12,15-16,31H,5-6,13-14H2,1-4H3,(H,30,37)(H,32,36)(H,33,34)/b22-16-. The molecule has 4 aromatic rings. The van der Waals surface area contributed by atoms with E-state index in [1.807, 2.05) is 62.4 Å². The second-order valence-corrected chi connectivity index (χ2v) is 9.34. The zero-order chi connectivity index (χ0) is 26.1. The number of H-pyrrole nitrogens is 2. The van der Waals surface area contributed by atoms with Crippen LogP contribution in [0.2, 0.25) is 0 Å². The van der Waals surface area contributed by atoms with E-state index < -0.39 is 0 Å². The van der Waals surface area contributed by atoms with Gasteiger partial charge in [-0.3, -0.25) is 14.7 Å². The number of benzene rings is 2. The molecule has 0 aliphatic carbocycles. The van der Waals surface area contributed by atoms with E-state index in [0.29, 0.717) is 17.7 Å². The van der Waals surface area contributed by atoms with E-state index in [9.17, 15) is 9.59 Å². The summed E-state index contributed by atoms with van der Waals surface area (Å²) in [7, 11) is 0. The van der Waals surface area contributed by atoms with Crippen LogP contribution >= 0.6 is 0 Å². The first-order valence-corrected chi connectivity index (χ1v) is 12.7. The summed E-state index contributed by atoms with van der Waals surface area (Å²) >= 11 is 0. The topological polar surface area (TPSA) is 106 Å². The first-order valence-electron chi connectivity index (χ1n) is 12.7. The molecule has 8 heteroatoms. The number of amides is 2. The molecule has 3 heterocycles. The number of para-hydroxylation sites is 1. The van der Waals surface area contributed by atoms with Gasteiger partial charge in [-0.1, -0.05) is 38.1 Å². The van der Waals surface area contributed by atoms with Gasteiger partial charge in [0.05, 0.1) is 22.3 Å². The molecule has 190 valence electrons. The van der Waals surface area contributed by atoms with Gasteiger partial charge < -0.3 is 20.5 Å². The largest absolute Gasteiger partial charge is 0.358 e. The number of nitrogens with zero attached hydrogens (tertiary/aromatic N) is 2. The Morgan fingerprint density at radius 2 is 1.89 bits per heavy atom. The zero-order valence-electron chi connectivity index (χ0n) is 21.7. The molecule has 0 unspecified atom stereocenters. The van der Waals surface area contributed by atoms with Crippen molar-refractivity contribution in [3.8, 4) is 11.3 Å². The normalized spacial score (nSPS) is 14.0. The summed E-state index contributed by atoms with van der Waals surface area (Å²) in [5.74, 6) is -0.275. The molecule has 4 N–H and O–H groups in total. The van der Waals surface area contributed by atoms with Crippen LogP contribution in [-0.2, 0) is 4.79 Å². The Morgan fingerprint density at radius 1 is 1.11 bits per heavy atom. The summed E-state index contributed by atoms with van der Waals surface area (Å²) in [6, 6.07) is 13.8. The van der Waals surface area contributed by atoms with Crippen molar-refractivity contribution >= 4 is 40.1 Å². The van der Waals surface area contributed by atoms with Crippen LogP contribution in [-0.4, -0.2) is 58.1 Å². The summed E-state index contributed by atoms with van der Waals surface area (Å²) in [6.45, 7) is 11.3.